The predicted octanol–water partition coefficient (Wildman–Crippen LogP) is -0.351. The third kappa shape index (κ3) is 2.24. The highest BCUT2D eigenvalue weighted by Crippen LogP contribution is 2.21. The van der Waals surface area contributed by atoms with Gasteiger partial charge in [0.1, 0.15) is 18.1 Å². The maximum atomic E-state index is 12.4. The summed E-state index contributed by atoms with van der Waals surface area (Å²) in [6, 6.07) is 5.96. The molecule has 3 rings (SSSR count). The first-order valence-electron chi connectivity index (χ1n) is 6.43. The monoisotopic (exact) mass is 288 g/mol. The van der Waals surface area contributed by atoms with Crippen molar-refractivity contribution in [1.29, 1.82) is 0 Å². The normalized spacial score (nSPS) is 18.4. The second-order valence-electron chi connectivity index (χ2n) is 4.81. The zero-order valence-electron chi connectivity index (χ0n) is 11.0. The van der Waals surface area contributed by atoms with Crippen molar-refractivity contribution < 1.29 is 14.7 Å². The fourth-order valence-electron chi connectivity index (χ4n) is 2.48. The summed E-state index contributed by atoms with van der Waals surface area (Å²) in [5.74, 6) is -1.50. The number of carbonyl (C=O) groups excluding carboxylic acids is 1. The topological polar surface area (TPSA) is 105 Å². The number of aliphatic carboxylic acids is 1. The van der Waals surface area contributed by atoms with Gasteiger partial charge in [-0.3, -0.25) is 14.4 Å². The molecule has 1 unspecified atom stereocenters. The van der Waals surface area contributed by atoms with Gasteiger partial charge in [0.25, 0.3) is 5.56 Å². The molecule has 0 bridgehead atoms. The van der Waals surface area contributed by atoms with E-state index in [1.165, 1.54) is 4.90 Å². The van der Waals surface area contributed by atoms with Crippen molar-refractivity contribution >= 4 is 22.8 Å². The molecule has 1 fully saturated rings. The SMILES string of the molecule is O=C(O)CN1CCC(n2nnc3ccccc3c2=O)C1=O. The molecule has 1 aliphatic heterocycles. The van der Waals surface area contributed by atoms with Crippen LogP contribution >= 0.6 is 0 Å². The van der Waals surface area contributed by atoms with Crippen molar-refractivity contribution in [2.24, 2.45) is 0 Å². The van der Waals surface area contributed by atoms with Crippen molar-refractivity contribution in [3.8, 4) is 0 Å². The molecule has 1 aliphatic rings. The summed E-state index contributed by atoms with van der Waals surface area (Å²) in [5.41, 5.74) is 0.0720. The van der Waals surface area contributed by atoms with Crippen molar-refractivity contribution in [3.05, 3.63) is 34.6 Å². The summed E-state index contributed by atoms with van der Waals surface area (Å²) in [6.45, 7) is -0.0815. The van der Waals surface area contributed by atoms with Gasteiger partial charge in [-0.1, -0.05) is 17.3 Å². The van der Waals surface area contributed by atoms with E-state index >= 15 is 0 Å². The number of likely N-dealkylation sites (tertiary alicyclic amines) is 1. The summed E-state index contributed by atoms with van der Waals surface area (Å²) in [4.78, 5) is 36.4. The van der Waals surface area contributed by atoms with E-state index in [-0.39, 0.29) is 13.1 Å². The van der Waals surface area contributed by atoms with Gasteiger partial charge >= 0.3 is 5.97 Å². The van der Waals surface area contributed by atoms with Crippen molar-refractivity contribution in [1.82, 2.24) is 19.9 Å². The van der Waals surface area contributed by atoms with Gasteiger partial charge in [-0.05, 0) is 18.6 Å². The predicted molar refractivity (Wildman–Crippen MR) is 71.7 cm³/mol. The van der Waals surface area contributed by atoms with E-state index in [2.05, 4.69) is 10.3 Å². The number of aromatic nitrogens is 3. The maximum Gasteiger partial charge on any atom is 0.323 e. The maximum absolute atomic E-state index is 12.4. The Balaban J connectivity index is 1.98. The number of amides is 1. The minimum absolute atomic E-state index is 0.288. The molecule has 0 radical (unpaired) electrons. The van der Waals surface area contributed by atoms with E-state index < -0.39 is 23.5 Å². The molecule has 0 aliphatic carbocycles. The van der Waals surface area contributed by atoms with E-state index in [9.17, 15) is 14.4 Å². The molecule has 8 nitrogen and oxygen atoms in total. The number of carboxylic acid groups (broad SMARTS) is 1. The summed E-state index contributed by atoms with van der Waals surface area (Å²) < 4.78 is 1.05. The Morgan fingerprint density at radius 1 is 1.33 bits per heavy atom. The standard InChI is InChI=1S/C13H12N4O4/c18-11(19)7-16-6-5-10(13(16)21)17-12(20)8-3-1-2-4-9(8)14-15-17/h1-4,10H,5-7H2,(H,18,19). The number of rotatable bonds is 3. The quantitative estimate of drug-likeness (QED) is 0.827. The van der Waals surface area contributed by atoms with Crippen LogP contribution in [0.25, 0.3) is 10.9 Å². The Labute approximate surface area is 118 Å². The molecule has 108 valence electrons. The largest absolute Gasteiger partial charge is 0.480 e. The number of carbonyl (C=O) groups is 2. The number of benzene rings is 1. The van der Waals surface area contributed by atoms with Gasteiger partial charge < -0.3 is 10.0 Å². The zero-order chi connectivity index (χ0) is 15.0. The number of nitrogens with zero attached hydrogens (tertiary/aromatic N) is 4. The van der Waals surface area contributed by atoms with Gasteiger partial charge in [-0.15, -0.1) is 5.10 Å². The highest BCUT2D eigenvalue weighted by molar-refractivity contribution is 5.86. The molecule has 2 aromatic rings. The minimum Gasteiger partial charge on any atom is -0.480 e. The Bertz CT molecular complexity index is 785. The molecule has 0 spiro atoms. The van der Waals surface area contributed by atoms with Crippen molar-refractivity contribution in [2.75, 3.05) is 13.1 Å². The van der Waals surface area contributed by atoms with E-state index in [1.54, 1.807) is 24.3 Å². The second kappa shape index (κ2) is 4.97. The Morgan fingerprint density at radius 2 is 2.10 bits per heavy atom. The average Bonchev–Trinajstić information content (AvgIpc) is 2.81. The molecule has 1 saturated heterocycles. The Kier molecular flexibility index (Phi) is 3.13. The lowest BCUT2D eigenvalue weighted by molar-refractivity contribution is -0.143. The summed E-state index contributed by atoms with van der Waals surface area (Å²) in [6.07, 6.45) is 0.346. The van der Waals surface area contributed by atoms with Crippen LogP contribution in [0.1, 0.15) is 12.5 Å². The van der Waals surface area contributed by atoms with E-state index in [0.29, 0.717) is 17.3 Å². The lowest BCUT2D eigenvalue weighted by Gasteiger charge is -2.14. The fraction of sp³-hybridized carbons (Fsp3) is 0.308. The van der Waals surface area contributed by atoms with Crippen LogP contribution in [0, 0.1) is 0 Å². The second-order valence-corrected chi connectivity index (χ2v) is 4.81. The lowest BCUT2D eigenvalue weighted by atomic mass is 10.2. The van der Waals surface area contributed by atoms with Crippen LogP contribution in [0.2, 0.25) is 0 Å². The Hall–Kier alpha value is -2.77. The molecule has 1 aromatic carbocycles. The summed E-state index contributed by atoms with van der Waals surface area (Å²) >= 11 is 0. The van der Waals surface area contributed by atoms with Crippen LogP contribution in [-0.2, 0) is 9.59 Å². The first kappa shape index (κ1) is 13.2. The van der Waals surface area contributed by atoms with Gasteiger partial charge in [-0.2, -0.15) is 4.68 Å². The molecule has 2 heterocycles. The van der Waals surface area contributed by atoms with E-state index in [1.807, 2.05) is 0 Å². The van der Waals surface area contributed by atoms with E-state index in [4.69, 9.17) is 5.11 Å². The highest BCUT2D eigenvalue weighted by Gasteiger charge is 2.35. The highest BCUT2D eigenvalue weighted by atomic mass is 16.4. The van der Waals surface area contributed by atoms with Crippen LogP contribution in [0.5, 0.6) is 0 Å². The third-order valence-electron chi connectivity index (χ3n) is 3.48. The number of hydrogen-bond donors (Lipinski definition) is 1. The number of hydrogen-bond acceptors (Lipinski definition) is 5. The van der Waals surface area contributed by atoms with Crippen LogP contribution in [0.4, 0.5) is 0 Å². The molecule has 8 heteroatoms. The molecule has 0 saturated carbocycles. The molecule has 1 N–H and O–H groups in total. The average molecular weight is 288 g/mol. The lowest BCUT2D eigenvalue weighted by Crippen LogP contribution is -2.36. The van der Waals surface area contributed by atoms with Gasteiger partial charge in [0.05, 0.1) is 5.39 Å². The number of carboxylic acids is 1. The summed E-state index contributed by atoms with van der Waals surface area (Å²) in [5, 5.41) is 16.9. The first-order valence-corrected chi connectivity index (χ1v) is 6.43. The van der Waals surface area contributed by atoms with Gasteiger partial charge in [0.15, 0.2) is 0 Å². The Morgan fingerprint density at radius 3 is 2.86 bits per heavy atom. The zero-order valence-corrected chi connectivity index (χ0v) is 11.0. The summed E-state index contributed by atoms with van der Waals surface area (Å²) in [7, 11) is 0. The molecular weight excluding hydrogens is 276 g/mol. The van der Waals surface area contributed by atoms with Crippen LogP contribution in [0.15, 0.2) is 29.1 Å². The first-order chi connectivity index (χ1) is 10.1. The molecule has 21 heavy (non-hydrogen) atoms. The molecule has 1 amide bonds. The number of fused-ring (bicyclic) bond motifs is 1. The van der Waals surface area contributed by atoms with Crippen molar-refractivity contribution in [2.45, 2.75) is 12.5 Å². The van der Waals surface area contributed by atoms with Crippen LogP contribution < -0.4 is 5.56 Å². The third-order valence-corrected chi connectivity index (χ3v) is 3.48. The smallest absolute Gasteiger partial charge is 0.323 e. The minimum atomic E-state index is -1.08. The van der Waals surface area contributed by atoms with Crippen molar-refractivity contribution in [3.63, 3.8) is 0 Å². The van der Waals surface area contributed by atoms with Gasteiger partial charge in [-0.25, -0.2) is 0 Å². The van der Waals surface area contributed by atoms with Gasteiger partial charge in [0, 0.05) is 6.54 Å². The fourth-order valence-corrected chi connectivity index (χ4v) is 2.48. The van der Waals surface area contributed by atoms with E-state index in [0.717, 1.165) is 4.68 Å². The van der Waals surface area contributed by atoms with Crippen LogP contribution in [0.3, 0.4) is 0 Å². The van der Waals surface area contributed by atoms with Crippen LogP contribution in [-0.4, -0.2) is 50.0 Å². The molecular formula is C13H12N4O4. The molecule has 1 atom stereocenters. The van der Waals surface area contributed by atoms with Gasteiger partial charge in [0.2, 0.25) is 5.91 Å². The molecule has 1 aromatic heterocycles.